The van der Waals surface area contributed by atoms with Crippen LogP contribution < -0.4 is 10.3 Å². The number of carbonyl (C=O) groups excluding carboxylic acids is 1. The van der Waals surface area contributed by atoms with E-state index in [4.69, 9.17) is 13.9 Å². The van der Waals surface area contributed by atoms with Crippen molar-refractivity contribution in [3.63, 3.8) is 0 Å². The normalized spacial score (nSPS) is 14.6. The number of benzene rings is 1. The fourth-order valence-corrected chi connectivity index (χ4v) is 3.12. The highest BCUT2D eigenvalue weighted by Crippen LogP contribution is 2.31. The number of nitrogens with zero attached hydrogens (tertiary/aromatic N) is 1. The van der Waals surface area contributed by atoms with E-state index in [1.54, 1.807) is 12.3 Å². The lowest BCUT2D eigenvalue weighted by atomic mass is 10.0. The molecule has 1 aliphatic rings. The van der Waals surface area contributed by atoms with Gasteiger partial charge in [0.1, 0.15) is 5.58 Å². The van der Waals surface area contributed by atoms with Crippen LogP contribution in [-0.4, -0.2) is 44.4 Å². The molecule has 0 bridgehead atoms. The van der Waals surface area contributed by atoms with Crippen molar-refractivity contribution in [2.75, 3.05) is 38.3 Å². The molecule has 1 N–H and O–H groups in total. The summed E-state index contributed by atoms with van der Waals surface area (Å²) in [6, 6.07) is 8.36. The van der Waals surface area contributed by atoms with Crippen LogP contribution in [0.4, 0.5) is 5.88 Å². The molecule has 7 heteroatoms. The van der Waals surface area contributed by atoms with Crippen molar-refractivity contribution in [1.82, 2.24) is 4.98 Å². The summed E-state index contributed by atoms with van der Waals surface area (Å²) < 4.78 is 16.3. The van der Waals surface area contributed by atoms with Crippen LogP contribution in [0.3, 0.4) is 0 Å². The van der Waals surface area contributed by atoms with Crippen LogP contribution in [0.1, 0.15) is 10.4 Å². The van der Waals surface area contributed by atoms with Crippen molar-refractivity contribution in [2.45, 2.75) is 0 Å². The zero-order valence-electron chi connectivity index (χ0n) is 14.3. The molecule has 3 aromatic rings. The first kappa shape index (κ1) is 16.4. The molecule has 0 saturated carbocycles. The number of fused-ring (bicyclic) bond motifs is 1. The number of rotatable bonds is 3. The molecule has 1 saturated heterocycles. The van der Waals surface area contributed by atoms with E-state index in [-0.39, 0.29) is 5.43 Å². The van der Waals surface area contributed by atoms with Gasteiger partial charge in [0, 0.05) is 36.6 Å². The second kappa shape index (κ2) is 6.68. The lowest BCUT2D eigenvalue weighted by Crippen LogP contribution is -2.36. The first-order valence-electron chi connectivity index (χ1n) is 8.34. The summed E-state index contributed by atoms with van der Waals surface area (Å²) in [5.74, 6) is 0.000728. The maximum absolute atomic E-state index is 12.7. The third kappa shape index (κ3) is 2.86. The minimum Gasteiger partial charge on any atom is -0.465 e. The zero-order chi connectivity index (χ0) is 18.1. The van der Waals surface area contributed by atoms with E-state index in [0.717, 1.165) is 5.69 Å². The SMILES string of the molecule is COC(=O)c1cc(-c2ccc[nH]2)c2oc(N3CCOCC3)cc(=O)c2c1. The Kier molecular flexibility index (Phi) is 4.22. The first-order chi connectivity index (χ1) is 12.7. The number of hydrogen-bond acceptors (Lipinski definition) is 6. The highest BCUT2D eigenvalue weighted by atomic mass is 16.5. The molecule has 1 aliphatic heterocycles. The maximum Gasteiger partial charge on any atom is 0.337 e. The van der Waals surface area contributed by atoms with E-state index in [0.29, 0.717) is 54.3 Å². The van der Waals surface area contributed by atoms with Gasteiger partial charge in [-0.3, -0.25) is 4.79 Å². The summed E-state index contributed by atoms with van der Waals surface area (Å²) in [6.07, 6.45) is 1.77. The second-order valence-electron chi connectivity index (χ2n) is 6.02. The first-order valence-corrected chi connectivity index (χ1v) is 8.34. The number of anilines is 1. The third-order valence-corrected chi connectivity index (χ3v) is 4.45. The average molecular weight is 354 g/mol. The predicted octanol–water partition coefficient (Wildman–Crippen LogP) is 2.41. The second-order valence-corrected chi connectivity index (χ2v) is 6.02. The number of H-pyrrole nitrogens is 1. The molecular formula is C19H18N2O5. The molecule has 7 nitrogen and oxygen atoms in total. The van der Waals surface area contributed by atoms with E-state index in [2.05, 4.69) is 4.98 Å². The maximum atomic E-state index is 12.7. The fraction of sp³-hybridized carbons (Fsp3) is 0.263. The molecule has 134 valence electrons. The molecular weight excluding hydrogens is 336 g/mol. The van der Waals surface area contributed by atoms with Crippen molar-refractivity contribution >= 4 is 22.8 Å². The number of hydrogen-bond donors (Lipinski definition) is 1. The molecule has 26 heavy (non-hydrogen) atoms. The minimum absolute atomic E-state index is 0.202. The quantitative estimate of drug-likeness (QED) is 0.727. The third-order valence-electron chi connectivity index (χ3n) is 4.45. The Labute approximate surface area is 149 Å². The molecule has 2 aromatic heterocycles. The Hall–Kier alpha value is -3.06. The Bertz CT molecular complexity index is 1000. The minimum atomic E-state index is -0.503. The molecule has 0 aliphatic carbocycles. The highest BCUT2D eigenvalue weighted by molar-refractivity contribution is 6.00. The standard InChI is InChI=1S/C19H18N2O5/c1-24-19(23)12-9-13(15-3-2-4-20-15)18-14(10-12)16(22)11-17(26-18)21-5-7-25-8-6-21/h2-4,9-11,20H,5-8H2,1H3. The van der Waals surface area contributed by atoms with Crippen LogP contribution in [0.2, 0.25) is 0 Å². The monoisotopic (exact) mass is 354 g/mol. The van der Waals surface area contributed by atoms with Crippen molar-refractivity contribution in [1.29, 1.82) is 0 Å². The van der Waals surface area contributed by atoms with Crippen molar-refractivity contribution in [2.24, 2.45) is 0 Å². The lowest BCUT2D eigenvalue weighted by Gasteiger charge is -2.27. The lowest BCUT2D eigenvalue weighted by molar-refractivity contribution is 0.0601. The van der Waals surface area contributed by atoms with E-state index in [1.807, 2.05) is 17.0 Å². The van der Waals surface area contributed by atoms with Gasteiger partial charge in [-0.05, 0) is 24.3 Å². The molecule has 0 radical (unpaired) electrons. The van der Waals surface area contributed by atoms with Gasteiger partial charge in [-0.2, -0.15) is 0 Å². The fourth-order valence-electron chi connectivity index (χ4n) is 3.12. The van der Waals surface area contributed by atoms with Gasteiger partial charge in [0.15, 0.2) is 11.3 Å². The smallest absolute Gasteiger partial charge is 0.337 e. The van der Waals surface area contributed by atoms with Crippen LogP contribution in [-0.2, 0) is 9.47 Å². The van der Waals surface area contributed by atoms with Crippen LogP contribution in [0, 0.1) is 0 Å². The van der Waals surface area contributed by atoms with E-state index < -0.39 is 5.97 Å². The Balaban J connectivity index is 1.95. The summed E-state index contributed by atoms with van der Waals surface area (Å²) in [7, 11) is 1.31. The van der Waals surface area contributed by atoms with Gasteiger partial charge >= 0.3 is 5.97 Å². The predicted molar refractivity (Wildman–Crippen MR) is 96.6 cm³/mol. The Morgan fingerprint density at radius 2 is 2.04 bits per heavy atom. The number of carbonyl (C=O) groups is 1. The summed E-state index contributed by atoms with van der Waals surface area (Å²) in [4.78, 5) is 29.8. The van der Waals surface area contributed by atoms with Gasteiger partial charge in [0.25, 0.3) is 0 Å². The number of morpholine rings is 1. The van der Waals surface area contributed by atoms with Gasteiger partial charge in [0.05, 0.1) is 31.3 Å². The summed E-state index contributed by atoms with van der Waals surface area (Å²) >= 11 is 0. The molecule has 1 fully saturated rings. The molecule has 0 spiro atoms. The van der Waals surface area contributed by atoms with Crippen LogP contribution in [0.25, 0.3) is 22.2 Å². The van der Waals surface area contributed by atoms with Gasteiger partial charge in [-0.1, -0.05) is 0 Å². The van der Waals surface area contributed by atoms with E-state index in [9.17, 15) is 9.59 Å². The van der Waals surface area contributed by atoms with Crippen molar-refractivity contribution < 1.29 is 18.7 Å². The zero-order valence-corrected chi connectivity index (χ0v) is 14.3. The molecule has 0 unspecified atom stereocenters. The molecule has 0 atom stereocenters. The van der Waals surface area contributed by atoms with Gasteiger partial charge < -0.3 is 23.8 Å². The highest BCUT2D eigenvalue weighted by Gasteiger charge is 2.20. The van der Waals surface area contributed by atoms with Crippen LogP contribution >= 0.6 is 0 Å². The van der Waals surface area contributed by atoms with Crippen molar-refractivity contribution in [3.8, 4) is 11.3 Å². The van der Waals surface area contributed by atoms with Gasteiger partial charge in [0.2, 0.25) is 0 Å². The topological polar surface area (TPSA) is 84.8 Å². The molecule has 3 heterocycles. The van der Waals surface area contributed by atoms with E-state index >= 15 is 0 Å². The van der Waals surface area contributed by atoms with Gasteiger partial charge in [-0.15, -0.1) is 0 Å². The summed E-state index contributed by atoms with van der Waals surface area (Å²) in [5, 5.41) is 0.342. The molecule has 4 rings (SSSR count). The van der Waals surface area contributed by atoms with E-state index in [1.165, 1.54) is 19.2 Å². The summed E-state index contributed by atoms with van der Waals surface area (Å²) in [5.41, 5.74) is 1.93. The average Bonchev–Trinajstić information content (AvgIpc) is 3.22. The Morgan fingerprint density at radius 3 is 2.73 bits per heavy atom. The number of ether oxygens (including phenoxy) is 2. The number of esters is 1. The van der Waals surface area contributed by atoms with Gasteiger partial charge in [-0.25, -0.2) is 4.79 Å². The van der Waals surface area contributed by atoms with Crippen molar-refractivity contribution in [3.05, 3.63) is 52.3 Å². The number of nitrogens with one attached hydrogen (secondary N) is 1. The van der Waals surface area contributed by atoms with Crippen LogP contribution in [0.15, 0.2) is 45.7 Å². The summed E-state index contributed by atoms with van der Waals surface area (Å²) in [6.45, 7) is 2.50. The Morgan fingerprint density at radius 1 is 1.23 bits per heavy atom. The molecule has 0 amide bonds. The molecule has 1 aromatic carbocycles. The number of aromatic amines is 1. The van der Waals surface area contributed by atoms with Crippen LogP contribution in [0.5, 0.6) is 0 Å². The largest absolute Gasteiger partial charge is 0.465 e. The number of aromatic nitrogens is 1. The number of methoxy groups -OCH3 is 1.